The van der Waals surface area contributed by atoms with E-state index >= 15 is 0 Å². The molecule has 2 N–H and O–H groups in total. The molecule has 0 aromatic heterocycles. The summed E-state index contributed by atoms with van der Waals surface area (Å²) in [5.74, 6) is -1.56. The Labute approximate surface area is 171 Å². The molecular formula is C17H21BBrClN2O5. The van der Waals surface area contributed by atoms with Crippen LogP contribution in [0.4, 0.5) is 0 Å². The molecular weight excluding hydrogens is 438 g/mol. The van der Waals surface area contributed by atoms with Gasteiger partial charge in [-0.05, 0) is 53.4 Å². The van der Waals surface area contributed by atoms with E-state index in [1.807, 2.05) is 13.8 Å². The average molecular weight is 460 g/mol. The number of hydrogen-bond donors (Lipinski definition) is 2. The molecule has 1 aliphatic rings. The Morgan fingerprint density at radius 3 is 2.67 bits per heavy atom. The van der Waals surface area contributed by atoms with Crippen LogP contribution in [-0.2, 0) is 18.9 Å². The SMILES string of the molecule is CC(C)C[C@H](NC(=O)CNC(=O)c1cc(Cl)ccc1Br)B1OC(=O)[C@H](C)O1. The van der Waals surface area contributed by atoms with Gasteiger partial charge in [-0.2, -0.15) is 0 Å². The van der Waals surface area contributed by atoms with Crippen molar-refractivity contribution in [2.75, 3.05) is 6.54 Å². The van der Waals surface area contributed by atoms with E-state index in [-0.39, 0.29) is 12.5 Å². The molecule has 1 aromatic carbocycles. The molecule has 1 aromatic rings. The maximum absolute atomic E-state index is 12.3. The maximum atomic E-state index is 12.3. The first-order valence-electron chi connectivity index (χ1n) is 8.56. The van der Waals surface area contributed by atoms with Crippen molar-refractivity contribution in [3.05, 3.63) is 33.3 Å². The average Bonchev–Trinajstić information content (AvgIpc) is 2.93. The van der Waals surface area contributed by atoms with Gasteiger partial charge < -0.3 is 19.9 Å². The fraction of sp³-hybridized carbons (Fsp3) is 0.471. The fourth-order valence-corrected chi connectivity index (χ4v) is 3.20. The zero-order valence-electron chi connectivity index (χ0n) is 15.3. The summed E-state index contributed by atoms with van der Waals surface area (Å²) in [6.45, 7) is 5.33. The largest absolute Gasteiger partial charge is 0.552 e. The molecule has 2 atom stereocenters. The van der Waals surface area contributed by atoms with E-state index in [0.717, 1.165) is 0 Å². The van der Waals surface area contributed by atoms with Crippen molar-refractivity contribution in [3.63, 3.8) is 0 Å². The smallest absolute Gasteiger partial charge is 0.506 e. The van der Waals surface area contributed by atoms with Crippen LogP contribution >= 0.6 is 27.5 Å². The lowest BCUT2D eigenvalue weighted by atomic mass is 9.74. The predicted octanol–water partition coefficient (Wildman–Crippen LogP) is 2.35. The van der Waals surface area contributed by atoms with Crippen molar-refractivity contribution in [3.8, 4) is 0 Å². The number of halogens is 2. The van der Waals surface area contributed by atoms with E-state index in [1.54, 1.807) is 19.1 Å². The van der Waals surface area contributed by atoms with Crippen LogP contribution in [0.25, 0.3) is 0 Å². The van der Waals surface area contributed by atoms with Crippen LogP contribution in [0, 0.1) is 5.92 Å². The summed E-state index contributed by atoms with van der Waals surface area (Å²) in [4.78, 5) is 36.1. The predicted molar refractivity (Wildman–Crippen MR) is 105 cm³/mol. The molecule has 0 radical (unpaired) electrons. The second-order valence-corrected chi connectivity index (χ2v) is 7.98. The van der Waals surface area contributed by atoms with Gasteiger partial charge in [0.1, 0.15) is 6.10 Å². The Balaban J connectivity index is 1.94. The van der Waals surface area contributed by atoms with E-state index in [4.69, 9.17) is 20.9 Å². The van der Waals surface area contributed by atoms with Crippen molar-refractivity contribution in [1.82, 2.24) is 10.6 Å². The van der Waals surface area contributed by atoms with Crippen LogP contribution in [0.2, 0.25) is 5.02 Å². The first-order valence-corrected chi connectivity index (χ1v) is 9.73. The van der Waals surface area contributed by atoms with Crippen LogP contribution < -0.4 is 10.6 Å². The van der Waals surface area contributed by atoms with Gasteiger partial charge in [-0.1, -0.05) is 25.4 Å². The number of hydrogen-bond acceptors (Lipinski definition) is 5. The van der Waals surface area contributed by atoms with Crippen molar-refractivity contribution < 1.29 is 23.7 Å². The molecule has 2 rings (SSSR count). The van der Waals surface area contributed by atoms with E-state index in [0.29, 0.717) is 21.5 Å². The van der Waals surface area contributed by atoms with Crippen molar-refractivity contribution in [2.24, 2.45) is 5.92 Å². The van der Waals surface area contributed by atoms with Gasteiger partial charge in [-0.3, -0.25) is 14.4 Å². The molecule has 10 heteroatoms. The summed E-state index contributed by atoms with van der Waals surface area (Å²) >= 11 is 9.18. The third-order valence-corrected chi connectivity index (χ3v) is 4.81. The van der Waals surface area contributed by atoms with Crippen LogP contribution in [-0.4, -0.2) is 43.5 Å². The van der Waals surface area contributed by atoms with Crippen LogP contribution in [0.1, 0.15) is 37.6 Å². The minimum atomic E-state index is -0.836. The van der Waals surface area contributed by atoms with Gasteiger partial charge in [0.05, 0.1) is 18.0 Å². The molecule has 1 saturated heterocycles. The molecule has 1 aliphatic heterocycles. The van der Waals surface area contributed by atoms with E-state index < -0.39 is 36.9 Å². The molecule has 0 unspecified atom stereocenters. The van der Waals surface area contributed by atoms with E-state index in [2.05, 4.69) is 26.6 Å². The third-order valence-electron chi connectivity index (χ3n) is 3.89. The van der Waals surface area contributed by atoms with Crippen molar-refractivity contribution in [2.45, 2.75) is 39.2 Å². The quantitative estimate of drug-likeness (QED) is 0.611. The minimum Gasteiger partial charge on any atom is -0.506 e. The highest BCUT2D eigenvalue weighted by molar-refractivity contribution is 9.10. The molecule has 146 valence electrons. The Hall–Kier alpha value is -1.58. The van der Waals surface area contributed by atoms with Gasteiger partial charge in [0.2, 0.25) is 5.91 Å². The number of rotatable bonds is 7. The zero-order valence-corrected chi connectivity index (χ0v) is 17.6. The number of amides is 2. The first kappa shape index (κ1) is 21.7. The molecule has 27 heavy (non-hydrogen) atoms. The normalized spacial score (nSPS) is 17.6. The summed E-state index contributed by atoms with van der Waals surface area (Å²) in [7, 11) is -0.836. The van der Waals surface area contributed by atoms with E-state index in [1.165, 1.54) is 6.07 Å². The molecule has 0 spiro atoms. The number of benzene rings is 1. The van der Waals surface area contributed by atoms with Crippen molar-refractivity contribution >= 4 is 52.4 Å². The van der Waals surface area contributed by atoms with Crippen LogP contribution in [0.5, 0.6) is 0 Å². The Morgan fingerprint density at radius 2 is 2.07 bits per heavy atom. The Morgan fingerprint density at radius 1 is 1.37 bits per heavy atom. The lowest BCUT2D eigenvalue weighted by Crippen LogP contribution is -2.50. The summed E-state index contributed by atoms with van der Waals surface area (Å²) in [6, 6.07) is 4.81. The molecule has 1 heterocycles. The summed E-state index contributed by atoms with van der Waals surface area (Å²) in [5, 5.41) is 5.73. The van der Waals surface area contributed by atoms with Crippen molar-refractivity contribution in [1.29, 1.82) is 0 Å². The second-order valence-electron chi connectivity index (χ2n) is 6.69. The van der Waals surface area contributed by atoms with Gasteiger partial charge in [0.15, 0.2) is 0 Å². The van der Waals surface area contributed by atoms with Gasteiger partial charge in [0.25, 0.3) is 5.91 Å². The van der Waals surface area contributed by atoms with Crippen LogP contribution in [0.15, 0.2) is 22.7 Å². The molecule has 2 amide bonds. The van der Waals surface area contributed by atoms with Gasteiger partial charge in [-0.15, -0.1) is 0 Å². The number of nitrogens with one attached hydrogen (secondary N) is 2. The number of carbonyl (C=O) groups excluding carboxylic acids is 3. The molecule has 7 nitrogen and oxygen atoms in total. The Bertz CT molecular complexity index is 733. The summed E-state index contributed by atoms with van der Waals surface area (Å²) in [6.07, 6.45) is -0.106. The van der Waals surface area contributed by atoms with Crippen LogP contribution in [0.3, 0.4) is 0 Å². The second kappa shape index (κ2) is 9.57. The molecule has 0 saturated carbocycles. The zero-order chi connectivity index (χ0) is 20.1. The fourth-order valence-electron chi connectivity index (χ4n) is 2.60. The van der Waals surface area contributed by atoms with E-state index in [9.17, 15) is 14.4 Å². The van der Waals surface area contributed by atoms with Gasteiger partial charge in [0, 0.05) is 9.50 Å². The highest BCUT2D eigenvalue weighted by Crippen LogP contribution is 2.21. The van der Waals surface area contributed by atoms with Gasteiger partial charge in [-0.25, -0.2) is 0 Å². The topological polar surface area (TPSA) is 93.7 Å². The molecule has 1 fully saturated rings. The lowest BCUT2D eigenvalue weighted by Gasteiger charge is -2.21. The Kier molecular flexibility index (Phi) is 7.70. The third kappa shape index (κ3) is 6.22. The first-order chi connectivity index (χ1) is 12.7. The lowest BCUT2D eigenvalue weighted by molar-refractivity contribution is -0.135. The standard InChI is InChI=1S/C17H21BBrClN2O5/c1-9(2)6-14(18-26-10(3)17(25)27-18)22-15(23)8-21-16(24)12-7-11(20)4-5-13(12)19/h4-5,7,9-10,14H,6,8H2,1-3H3,(H,21,24)(H,22,23)/t10-,14-/m0/s1. The monoisotopic (exact) mass is 458 g/mol. The minimum absolute atomic E-state index is 0.234. The summed E-state index contributed by atoms with van der Waals surface area (Å²) < 4.78 is 11.2. The number of carbonyl (C=O) groups is 3. The molecule has 0 bridgehead atoms. The maximum Gasteiger partial charge on any atom is 0.552 e. The summed E-state index contributed by atoms with van der Waals surface area (Å²) in [5.41, 5.74) is 0.330. The molecule has 0 aliphatic carbocycles. The van der Waals surface area contributed by atoms with Gasteiger partial charge >= 0.3 is 13.1 Å². The highest BCUT2D eigenvalue weighted by atomic mass is 79.9. The highest BCUT2D eigenvalue weighted by Gasteiger charge is 2.44.